The van der Waals surface area contributed by atoms with Crippen molar-refractivity contribution in [3.8, 4) is 0 Å². The van der Waals surface area contributed by atoms with E-state index in [4.69, 9.17) is 0 Å². The summed E-state index contributed by atoms with van der Waals surface area (Å²) in [7, 11) is 1.58. The third-order valence-electron chi connectivity index (χ3n) is 2.76. The third kappa shape index (κ3) is 5.02. The summed E-state index contributed by atoms with van der Waals surface area (Å²) >= 11 is 0. The van der Waals surface area contributed by atoms with Crippen LogP contribution in [-0.4, -0.2) is 36.4 Å². The Balaban J connectivity index is 2.72. The molecule has 0 fully saturated rings. The summed E-state index contributed by atoms with van der Waals surface area (Å²) < 4.78 is 13.2. The molecule has 1 rings (SSSR count). The first-order chi connectivity index (χ1) is 9.85. The smallest absolute Gasteiger partial charge is 0.255 e. The average Bonchev–Trinajstić information content (AvgIpc) is 2.44. The molecule has 0 aliphatic heterocycles. The summed E-state index contributed by atoms with van der Waals surface area (Å²) in [4.78, 5) is 27.7. The minimum absolute atomic E-state index is 0.0565. The molecule has 0 spiro atoms. The zero-order valence-electron chi connectivity index (χ0n) is 12.7. The molecule has 0 saturated carbocycles. The van der Waals surface area contributed by atoms with Crippen molar-refractivity contribution in [3.63, 3.8) is 0 Å². The second-order valence-corrected chi connectivity index (χ2v) is 5.13. The maximum Gasteiger partial charge on any atom is 0.255 e. The normalized spacial score (nSPS) is 11.9. The molecular weight excluding hydrogens is 275 g/mol. The standard InChI is InChI=1S/C14H21FN4O2/c1-8(2)6-18-13(20)9(3)19-14(21)11-5-10(15)7-17-12(11)16-4/h5,7-9H,6H2,1-4H3,(H,16,17)(H,18,20)(H,19,21). The summed E-state index contributed by atoms with van der Waals surface area (Å²) in [5.41, 5.74) is 0.0565. The highest BCUT2D eigenvalue weighted by atomic mass is 19.1. The van der Waals surface area contributed by atoms with Gasteiger partial charge in [0.05, 0.1) is 11.8 Å². The molecule has 1 unspecified atom stereocenters. The van der Waals surface area contributed by atoms with E-state index < -0.39 is 17.8 Å². The van der Waals surface area contributed by atoms with Crippen molar-refractivity contribution in [2.24, 2.45) is 5.92 Å². The van der Waals surface area contributed by atoms with Crippen molar-refractivity contribution in [2.45, 2.75) is 26.8 Å². The lowest BCUT2D eigenvalue weighted by atomic mass is 10.2. The van der Waals surface area contributed by atoms with E-state index in [-0.39, 0.29) is 17.3 Å². The molecule has 1 heterocycles. The maximum absolute atomic E-state index is 13.2. The summed E-state index contributed by atoms with van der Waals surface area (Å²) in [5.74, 6) is -0.883. The van der Waals surface area contributed by atoms with Crippen molar-refractivity contribution in [1.82, 2.24) is 15.6 Å². The fraction of sp³-hybridized carbons (Fsp3) is 0.500. The Hall–Kier alpha value is -2.18. The molecule has 0 radical (unpaired) electrons. The molecule has 7 heteroatoms. The van der Waals surface area contributed by atoms with Crippen LogP contribution in [-0.2, 0) is 4.79 Å². The van der Waals surface area contributed by atoms with E-state index >= 15 is 0 Å². The molecule has 6 nitrogen and oxygen atoms in total. The van der Waals surface area contributed by atoms with Crippen molar-refractivity contribution in [1.29, 1.82) is 0 Å². The SMILES string of the molecule is CNc1ncc(F)cc1C(=O)NC(C)C(=O)NCC(C)C. The number of aromatic nitrogens is 1. The lowest BCUT2D eigenvalue weighted by Crippen LogP contribution is -2.45. The number of anilines is 1. The largest absolute Gasteiger partial charge is 0.372 e. The number of halogens is 1. The minimum Gasteiger partial charge on any atom is -0.372 e. The fourth-order valence-corrected chi connectivity index (χ4v) is 1.61. The van der Waals surface area contributed by atoms with Gasteiger partial charge in [-0.05, 0) is 18.9 Å². The second-order valence-electron chi connectivity index (χ2n) is 5.13. The van der Waals surface area contributed by atoms with Crippen molar-refractivity contribution in [3.05, 3.63) is 23.6 Å². The summed E-state index contributed by atoms with van der Waals surface area (Å²) in [5, 5.41) is 7.95. The molecular formula is C14H21FN4O2. The van der Waals surface area contributed by atoms with E-state index in [1.165, 1.54) is 0 Å². The number of carbonyl (C=O) groups excluding carboxylic acids is 2. The molecule has 21 heavy (non-hydrogen) atoms. The van der Waals surface area contributed by atoms with Gasteiger partial charge in [-0.25, -0.2) is 9.37 Å². The number of amides is 2. The van der Waals surface area contributed by atoms with Crippen LogP contribution in [0.25, 0.3) is 0 Å². The monoisotopic (exact) mass is 296 g/mol. The lowest BCUT2D eigenvalue weighted by molar-refractivity contribution is -0.122. The topological polar surface area (TPSA) is 83.1 Å². The van der Waals surface area contributed by atoms with Gasteiger partial charge in [-0.15, -0.1) is 0 Å². The number of nitrogens with zero attached hydrogens (tertiary/aromatic N) is 1. The van der Waals surface area contributed by atoms with Crippen molar-refractivity contribution < 1.29 is 14.0 Å². The number of hydrogen-bond acceptors (Lipinski definition) is 4. The summed E-state index contributed by atoms with van der Waals surface area (Å²) in [6, 6.07) is 0.358. The molecule has 0 aliphatic rings. The minimum atomic E-state index is -0.718. The molecule has 1 aromatic heterocycles. The second kappa shape index (κ2) is 7.56. The van der Waals surface area contributed by atoms with E-state index in [1.54, 1.807) is 14.0 Å². The lowest BCUT2D eigenvalue weighted by Gasteiger charge is -2.16. The van der Waals surface area contributed by atoms with Crippen molar-refractivity contribution in [2.75, 3.05) is 18.9 Å². The van der Waals surface area contributed by atoms with Crippen LogP contribution in [0.2, 0.25) is 0 Å². The predicted octanol–water partition coefficient (Wildman–Crippen LogP) is 1.15. The van der Waals surface area contributed by atoms with Crippen LogP contribution in [0.1, 0.15) is 31.1 Å². The van der Waals surface area contributed by atoms with E-state index in [0.29, 0.717) is 12.5 Å². The molecule has 1 aromatic rings. The van der Waals surface area contributed by atoms with E-state index in [0.717, 1.165) is 12.3 Å². The number of rotatable bonds is 6. The number of carbonyl (C=O) groups is 2. The van der Waals surface area contributed by atoms with Gasteiger partial charge in [0.1, 0.15) is 17.7 Å². The highest BCUT2D eigenvalue weighted by Gasteiger charge is 2.19. The average molecular weight is 296 g/mol. The van der Waals surface area contributed by atoms with Crippen LogP contribution in [0.4, 0.5) is 10.2 Å². The van der Waals surface area contributed by atoms with Gasteiger partial charge >= 0.3 is 0 Å². The molecule has 116 valence electrons. The molecule has 0 aliphatic carbocycles. The van der Waals surface area contributed by atoms with Crippen LogP contribution in [0.15, 0.2) is 12.3 Å². The van der Waals surface area contributed by atoms with E-state index in [9.17, 15) is 14.0 Å². The molecule has 0 saturated heterocycles. The Morgan fingerprint density at radius 2 is 2.00 bits per heavy atom. The fourth-order valence-electron chi connectivity index (χ4n) is 1.61. The van der Waals surface area contributed by atoms with Crippen LogP contribution in [0.3, 0.4) is 0 Å². The molecule has 1 atom stereocenters. The third-order valence-corrected chi connectivity index (χ3v) is 2.76. The first kappa shape index (κ1) is 16.9. The first-order valence-electron chi connectivity index (χ1n) is 6.77. The van der Waals surface area contributed by atoms with Gasteiger partial charge in [0.15, 0.2) is 0 Å². The van der Waals surface area contributed by atoms with Gasteiger partial charge in [-0.3, -0.25) is 9.59 Å². The first-order valence-corrected chi connectivity index (χ1v) is 6.77. The molecule has 0 aromatic carbocycles. The van der Waals surface area contributed by atoms with Gasteiger partial charge in [0, 0.05) is 13.6 Å². The Bertz CT molecular complexity index is 520. The molecule has 0 bridgehead atoms. The highest BCUT2D eigenvalue weighted by Crippen LogP contribution is 2.13. The molecule has 3 N–H and O–H groups in total. The van der Waals surface area contributed by atoms with Crippen LogP contribution >= 0.6 is 0 Å². The number of nitrogens with one attached hydrogen (secondary N) is 3. The Morgan fingerprint density at radius 1 is 1.33 bits per heavy atom. The van der Waals surface area contributed by atoms with Crippen molar-refractivity contribution >= 4 is 17.6 Å². The zero-order valence-corrected chi connectivity index (χ0v) is 12.7. The highest BCUT2D eigenvalue weighted by molar-refractivity contribution is 6.01. The van der Waals surface area contributed by atoms with Crippen LogP contribution in [0, 0.1) is 11.7 Å². The predicted molar refractivity (Wildman–Crippen MR) is 78.5 cm³/mol. The summed E-state index contributed by atoms with van der Waals surface area (Å²) in [6.45, 7) is 6.05. The van der Waals surface area contributed by atoms with Crippen LogP contribution < -0.4 is 16.0 Å². The maximum atomic E-state index is 13.2. The van der Waals surface area contributed by atoms with Gasteiger partial charge < -0.3 is 16.0 Å². The summed E-state index contributed by atoms with van der Waals surface area (Å²) in [6.07, 6.45) is 1.02. The van der Waals surface area contributed by atoms with Gasteiger partial charge in [0.2, 0.25) is 5.91 Å². The van der Waals surface area contributed by atoms with E-state index in [2.05, 4.69) is 20.9 Å². The van der Waals surface area contributed by atoms with E-state index in [1.807, 2.05) is 13.8 Å². The molecule has 2 amide bonds. The van der Waals surface area contributed by atoms with Gasteiger partial charge in [-0.1, -0.05) is 13.8 Å². The quantitative estimate of drug-likeness (QED) is 0.735. The Morgan fingerprint density at radius 3 is 2.57 bits per heavy atom. The Labute approximate surface area is 123 Å². The number of hydrogen-bond donors (Lipinski definition) is 3. The van der Waals surface area contributed by atoms with Crippen LogP contribution in [0.5, 0.6) is 0 Å². The number of pyridine rings is 1. The van der Waals surface area contributed by atoms with Gasteiger partial charge in [0.25, 0.3) is 5.91 Å². The van der Waals surface area contributed by atoms with Gasteiger partial charge in [-0.2, -0.15) is 0 Å². The Kier molecular flexibility index (Phi) is 6.08. The zero-order chi connectivity index (χ0) is 16.0.